The van der Waals surface area contributed by atoms with E-state index in [1.807, 2.05) is 50.7 Å². The lowest BCUT2D eigenvalue weighted by molar-refractivity contribution is -0.116. The Morgan fingerprint density at radius 3 is 2.62 bits per heavy atom. The predicted molar refractivity (Wildman–Crippen MR) is 88.5 cm³/mol. The molecule has 0 atom stereocenters. The maximum absolute atomic E-state index is 12.1. The number of carbonyl (C=O) groups excluding carboxylic acids is 1. The molecule has 0 saturated heterocycles. The van der Waals surface area contributed by atoms with Crippen LogP contribution in [0.4, 0.5) is 5.69 Å². The van der Waals surface area contributed by atoms with E-state index in [2.05, 4.69) is 26.3 Å². The third-order valence-electron chi connectivity index (χ3n) is 3.66. The summed E-state index contributed by atoms with van der Waals surface area (Å²) in [6, 6.07) is 5.89. The van der Waals surface area contributed by atoms with Crippen molar-refractivity contribution in [3.8, 4) is 0 Å². The molecule has 0 spiro atoms. The minimum absolute atomic E-state index is 0.0159. The highest BCUT2D eigenvalue weighted by Crippen LogP contribution is 2.23. The molecule has 0 saturated carbocycles. The van der Waals surface area contributed by atoms with Crippen LogP contribution in [0.15, 0.2) is 22.7 Å². The second-order valence-corrected chi connectivity index (χ2v) is 6.16. The van der Waals surface area contributed by atoms with E-state index < -0.39 is 0 Å². The van der Waals surface area contributed by atoms with Crippen LogP contribution in [0.2, 0.25) is 0 Å². The van der Waals surface area contributed by atoms with Gasteiger partial charge in [-0.15, -0.1) is 0 Å². The van der Waals surface area contributed by atoms with Gasteiger partial charge in [0.05, 0.1) is 11.4 Å². The highest BCUT2D eigenvalue weighted by molar-refractivity contribution is 9.10. The number of aromatic nitrogens is 2. The molecule has 0 bridgehead atoms. The van der Waals surface area contributed by atoms with Crippen LogP contribution in [-0.2, 0) is 18.3 Å². The predicted octanol–water partition coefficient (Wildman–Crippen LogP) is 3.68. The molecule has 0 radical (unpaired) electrons. The van der Waals surface area contributed by atoms with Crippen LogP contribution in [0.3, 0.4) is 0 Å². The molecule has 1 aromatic carbocycles. The number of nitrogens with zero attached hydrogens (tertiary/aromatic N) is 2. The Hall–Kier alpha value is -1.62. The molecule has 2 aromatic rings. The fourth-order valence-electron chi connectivity index (χ4n) is 2.35. The number of halogens is 1. The fourth-order valence-corrected chi connectivity index (χ4v) is 2.94. The topological polar surface area (TPSA) is 46.9 Å². The van der Waals surface area contributed by atoms with E-state index >= 15 is 0 Å². The summed E-state index contributed by atoms with van der Waals surface area (Å²) < 4.78 is 2.77. The first-order valence-corrected chi connectivity index (χ1v) is 7.73. The van der Waals surface area contributed by atoms with Gasteiger partial charge < -0.3 is 5.32 Å². The number of rotatable bonds is 4. The summed E-state index contributed by atoms with van der Waals surface area (Å²) in [6.45, 7) is 6.03. The third kappa shape index (κ3) is 3.73. The number of carbonyl (C=O) groups is 1. The van der Waals surface area contributed by atoms with Crippen LogP contribution in [-0.4, -0.2) is 15.7 Å². The molecule has 0 unspecified atom stereocenters. The number of hydrogen-bond acceptors (Lipinski definition) is 2. The van der Waals surface area contributed by atoms with Crippen molar-refractivity contribution in [1.29, 1.82) is 0 Å². The zero-order valence-corrected chi connectivity index (χ0v) is 14.4. The largest absolute Gasteiger partial charge is 0.325 e. The lowest BCUT2D eigenvalue weighted by Gasteiger charge is -2.08. The molecule has 0 aliphatic heterocycles. The number of benzene rings is 1. The summed E-state index contributed by atoms with van der Waals surface area (Å²) in [4.78, 5) is 12.1. The fraction of sp³-hybridized carbons (Fsp3) is 0.375. The van der Waals surface area contributed by atoms with Crippen molar-refractivity contribution in [2.24, 2.45) is 7.05 Å². The molecular weight excluding hydrogens is 330 g/mol. The van der Waals surface area contributed by atoms with Crippen LogP contribution in [0.25, 0.3) is 0 Å². The summed E-state index contributed by atoms with van der Waals surface area (Å²) in [5, 5.41) is 7.31. The average molecular weight is 350 g/mol. The van der Waals surface area contributed by atoms with Gasteiger partial charge in [0.25, 0.3) is 0 Å². The van der Waals surface area contributed by atoms with Crippen molar-refractivity contribution in [3.63, 3.8) is 0 Å². The zero-order valence-electron chi connectivity index (χ0n) is 12.8. The number of nitrogens with one attached hydrogen (secondary N) is 1. The van der Waals surface area contributed by atoms with Crippen molar-refractivity contribution in [2.75, 3.05) is 5.32 Å². The quantitative estimate of drug-likeness (QED) is 0.914. The van der Waals surface area contributed by atoms with Gasteiger partial charge in [0, 0.05) is 23.6 Å². The van der Waals surface area contributed by atoms with E-state index in [1.54, 1.807) is 0 Å². The van der Waals surface area contributed by atoms with Gasteiger partial charge in [-0.1, -0.05) is 6.07 Å². The highest BCUT2D eigenvalue weighted by Gasteiger charge is 2.12. The molecule has 112 valence electrons. The normalized spacial score (nSPS) is 10.7. The molecule has 21 heavy (non-hydrogen) atoms. The van der Waals surface area contributed by atoms with E-state index in [-0.39, 0.29) is 5.91 Å². The van der Waals surface area contributed by atoms with E-state index in [4.69, 9.17) is 0 Å². The van der Waals surface area contributed by atoms with Gasteiger partial charge in [0.15, 0.2) is 0 Å². The van der Waals surface area contributed by atoms with Crippen molar-refractivity contribution in [1.82, 2.24) is 9.78 Å². The Labute approximate surface area is 133 Å². The smallest absolute Gasteiger partial charge is 0.224 e. The molecule has 2 rings (SSSR count). The molecule has 0 fully saturated rings. The van der Waals surface area contributed by atoms with Crippen LogP contribution in [0.5, 0.6) is 0 Å². The highest BCUT2D eigenvalue weighted by atomic mass is 79.9. The Morgan fingerprint density at radius 1 is 1.33 bits per heavy atom. The van der Waals surface area contributed by atoms with Crippen molar-refractivity contribution >= 4 is 27.5 Å². The molecule has 1 heterocycles. The van der Waals surface area contributed by atoms with Gasteiger partial charge in [-0.2, -0.15) is 5.10 Å². The van der Waals surface area contributed by atoms with Gasteiger partial charge >= 0.3 is 0 Å². The van der Waals surface area contributed by atoms with Crippen LogP contribution < -0.4 is 5.32 Å². The minimum Gasteiger partial charge on any atom is -0.325 e. The molecule has 1 aromatic heterocycles. The first-order chi connectivity index (χ1) is 9.88. The molecule has 0 aliphatic rings. The lowest BCUT2D eigenvalue weighted by Crippen LogP contribution is -2.13. The van der Waals surface area contributed by atoms with Crippen LogP contribution >= 0.6 is 15.9 Å². The summed E-state index contributed by atoms with van der Waals surface area (Å²) >= 11 is 3.47. The first kappa shape index (κ1) is 15.8. The minimum atomic E-state index is 0.0159. The number of anilines is 1. The molecule has 4 nitrogen and oxygen atoms in total. The summed E-state index contributed by atoms with van der Waals surface area (Å²) in [7, 11) is 1.93. The lowest BCUT2D eigenvalue weighted by atomic mass is 10.1. The van der Waals surface area contributed by atoms with Gasteiger partial charge in [0.1, 0.15) is 0 Å². The summed E-state index contributed by atoms with van der Waals surface area (Å²) in [5.41, 5.74) is 5.25. The van der Waals surface area contributed by atoms with E-state index in [1.165, 1.54) is 0 Å². The maximum atomic E-state index is 12.1. The third-order valence-corrected chi connectivity index (χ3v) is 4.32. The average Bonchev–Trinajstić information content (AvgIpc) is 2.65. The van der Waals surface area contributed by atoms with E-state index in [0.29, 0.717) is 12.8 Å². The molecule has 1 N–H and O–H groups in total. The van der Waals surface area contributed by atoms with Gasteiger partial charge in [-0.3, -0.25) is 9.48 Å². The van der Waals surface area contributed by atoms with E-state index in [0.717, 1.165) is 32.7 Å². The molecule has 1 amide bonds. The van der Waals surface area contributed by atoms with Crippen LogP contribution in [0, 0.1) is 20.8 Å². The van der Waals surface area contributed by atoms with Gasteiger partial charge in [0.2, 0.25) is 5.91 Å². The summed E-state index contributed by atoms with van der Waals surface area (Å²) in [5.74, 6) is 0.0159. The second kappa shape index (κ2) is 6.43. The van der Waals surface area contributed by atoms with Crippen molar-refractivity contribution < 1.29 is 4.79 Å². The number of aryl methyl sites for hydroxylation is 3. The number of hydrogen-bond donors (Lipinski definition) is 1. The Balaban J connectivity index is 1.99. The Bertz CT molecular complexity index is 676. The van der Waals surface area contributed by atoms with E-state index in [9.17, 15) is 4.79 Å². The second-order valence-electron chi connectivity index (χ2n) is 5.30. The first-order valence-electron chi connectivity index (χ1n) is 6.93. The van der Waals surface area contributed by atoms with Crippen molar-refractivity contribution in [3.05, 3.63) is 45.2 Å². The van der Waals surface area contributed by atoms with Crippen LogP contribution in [0.1, 0.15) is 28.9 Å². The zero-order chi connectivity index (χ0) is 15.6. The molecule has 0 aliphatic carbocycles. The summed E-state index contributed by atoms with van der Waals surface area (Å²) in [6.07, 6.45) is 1.16. The molecule has 5 heteroatoms. The SMILES string of the molecule is Cc1ccc(NC(=O)CCc2c(C)nn(C)c2C)c(Br)c1. The van der Waals surface area contributed by atoms with Gasteiger partial charge in [-0.25, -0.2) is 0 Å². The molecular formula is C16H20BrN3O. The standard InChI is InChI=1S/C16H20BrN3O/c1-10-5-7-15(14(17)9-10)18-16(21)8-6-13-11(2)19-20(4)12(13)3/h5,7,9H,6,8H2,1-4H3,(H,18,21). The Kier molecular flexibility index (Phi) is 4.83. The number of amides is 1. The monoisotopic (exact) mass is 349 g/mol. The Morgan fingerprint density at radius 2 is 2.05 bits per heavy atom. The van der Waals surface area contributed by atoms with Gasteiger partial charge in [-0.05, 0) is 66.4 Å². The van der Waals surface area contributed by atoms with Crippen molar-refractivity contribution in [2.45, 2.75) is 33.6 Å². The maximum Gasteiger partial charge on any atom is 0.224 e.